The Hall–Kier alpha value is -1.89. The van der Waals surface area contributed by atoms with Gasteiger partial charge in [0.25, 0.3) is 0 Å². The second kappa shape index (κ2) is 6.93. The van der Waals surface area contributed by atoms with Gasteiger partial charge in [-0.15, -0.1) is 0 Å². The number of ether oxygens (including phenoxy) is 2. The number of nitrogens with one attached hydrogen (secondary N) is 2. The van der Waals surface area contributed by atoms with E-state index >= 15 is 0 Å². The van der Waals surface area contributed by atoms with E-state index in [1.807, 2.05) is 0 Å². The molecule has 0 unspecified atom stereocenters. The van der Waals surface area contributed by atoms with Crippen LogP contribution in [0.2, 0.25) is 0 Å². The van der Waals surface area contributed by atoms with E-state index in [1.54, 1.807) is 0 Å². The Morgan fingerprint density at radius 2 is 2.04 bits per heavy atom. The maximum Gasteiger partial charge on any atom is 0.319 e. The van der Waals surface area contributed by atoms with Crippen molar-refractivity contribution in [2.45, 2.75) is 38.1 Å². The van der Waals surface area contributed by atoms with E-state index in [1.165, 1.54) is 7.11 Å². The van der Waals surface area contributed by atoms with Crippen LogP contribution in [0.1, 0.15) is 32.1 Å². The number of urea groups is 1. The number of hydrogen-bond acceptors (Lipinski definition) is 3. The Bertz CT molecular complexity index is 618. The largest absolute Gasteiger partial charge is 0.492 e. The maximum absolute atomic E-state index is 13.7. The van der Waals surface area contributed by atoms with E-state index in [0.717, 1.165) is 44.2 Å². The second-order valence-corrected chi connectivity index (χ2v) is 6.49. The van der Waals surface area contributed by atoms with Gasteiger partial charge in [0.1, 0.15) is 5.82 Å². The molecule has 0 radical (unpaired) electrons. The number of halogens is 2. The fraction of sp³-hybridized carbons (Fsp3) is 0.588. The Labute approximate surface area is 139 Å². The van der Waals surface area contributed by atoms with Gasteiger partial charge in [0.15, 0.2) is 11.6 Å². The van der Waals surface area contributed by atoms with E-state index in [2.05, 4.69) is 10.6 Å². The molecule has 1 aromatic carbocycles. The van der Waals surface area contributed by atoms with Gasteiger partial charge >= 0.3 is 6.03 Å². The van der Waals surface area contributed by atoms with Crippen LogP contribution in [0.25, 0.3) is 0 Å². The first-order valence-electron chi connectivity index (χ1n) is 8.22. The van der Waals surface area contributed by atoms with Gasteiger partial charge in [0.2, 0.25) is 0 Å². The first kappa shape index (κ1) is 17.0. The average molecular weight is 340 g/mol. The van der Waals surface area contributed by atoms with Crippen LogP contribution in [0, 0.1) is 17.0 Å². The van der Waals surface area contributed by atoms with Gasteiger partial charge in [-0.3, -0.25) is 0 Å². The highest BCUT2D eigenvalue weighted by Gasteiger charge is 2.44. The minimum atomic E-state index is -0.852. The Balaban J connectivity index is 1.70. The van der Waals surface area contributed by atoms with Gasteiger partial charge in [0, 0.05) is 31.4 Å². The number of amides is 2. The molecular weight excluding hydrogens is 318 g/mol. The van der Waals surface area contributed by atoms with E-state index in [0.29, 0.717) is 13.2 Å². The van der Waals surface area contributed by atoms with Crippen molar-refractivity contribution in [2.24, 2.45) is 5.41 Å². The molecule has 0 bridgehead atoms. The molecule has 1 atom stereocenters. The van der Waals surface area contributed by atoms with Crippen LogP contribution >= 0.6 is 0 Å². The molecule has 5 nitrogen and oxygen atoms in total. The standard InChI is InChI=1S/C17H22F2N2O3/c1-23-15-12(19)9-11(18)10-13(15)20-16(22)21-14-3-2-4-17(14)5-7-24-8-6-17/h9-10,14H,2-8H2,1H3,(H2,20,21,22)/t14-/m1/s1. The summed E-state index contributed by atoms with van der Waals surface area (Å²) in [6.45, 7) is 1.42. The van der Waals surface area contributed by atoms with E-state index in [4.69, 9.17) is 9.47 Å². The zero-order chi connectivity index (χ0) is 17.2. The predicted octanol–water partition coefficient (Wildman–Crippen LogP) is 3.44. The molecule has 2 fully saturated rings. The summed E-state index contributed by atoms with van der Waals surface area (Å²) in [5, 5.41) is 5.48. The van der Waals surface area contributed by atoms with Crippen molar-refractivity contribution in [3.05, 3.63) is 23.8 Å². The molecule has 3 rings (SSSR count). The van der Waals surface area contributed by atoms with Crippen LogP contribution in [0.5, 0.6) is 5.75 Å². The summed E-state index contributed by atoms with van der Waals surface area (Å²) in [6.07, 6.45) is 4.88. The number of carbonyl (C=O) groups is 1. The van der Waals surface area contributed by atoms with Crippen molar-refractivity contribution in [3.63, 3.8) is 0 Å². The summed E-state index contributed by atoms with van der Waals surface area (Å²) in [7, 11) is 1.27. The summed E-state index contributed by atoms with van der Waals surface area (Å²) in [5.41, 5.74) is 0.0545. The molecule has 1 aliphatic heterocycles. The van der Waals surface area contributed by atoms with Crippen LogP contribution < -0.4 is 15.4 Å². The second-order valence-electron chi connectivity index (χ2n) is 6.49. The fourth-order valence-electron chi connectivity index (χ4n) is 3.92. The maximum atomic E-state index is 13.7. The lowest BCUT2D eigenvalue weighted by Crippen LogP contribution is -2.48. The number of hydrogen-bond donors (Lipinski definition) is 2. The molecule has 1 saturated carbocycles. The number of benzene rings is 1. The van der Waals surface area contributed by atoms with Gasteiger partial charge in [0.05, 0.1) is 12.8 Å². The summed E-state index contributed by atoms with van der Waals surface area (Å²) in [6, 6.07) is 1.33. The van der Waals surface area contributed by atoms with Gasteiger partial charge < -0.3 is 20.1 Å². The normalized spacial score (nSPS) is 22.4. The topological polar surface area (TPSA) is 59.6 Å². The first-order valence-corrected chi connectivity index (χ1v) is 8.22. The molecule has 1 aliphatic carbocycles. The highest BCUT2D eigenvalue weighted by molar-refractivity contribution is 5.91. The zero-order valence-electron chi connectivity index (χ0n) is 13.7. The number of methoxy groups -OCH3 is 1. The van der Waals surface area contributed by atoms with Crippen LogP contribution in [-0.4, -0.2) is 32.4 Å². The molecule has 1 saturated heterocycles. The lowest BCUT2D eigenvalue weighted by Gasteiger charge is -2.39. The van der Waals surface area contributed by atoms with Gasteiger partial charge in [-0.25, -0.2) is 13.6 Å². The summed E-state index contributed by atoms with van der Waals surface area (Å²) >= 11 is 0. The number of anilines is 1. The average Bonchev–Trinajstić information content (AvgIpc) is 2.89. The molecule has 132 valence electrons. The molecule has 2 aliphatic rings. The molecule has 2 amide bonds. The van der Waals surface area contributed by atoms with Crippen molar-refractivity contribution in [1.29, 1.82) is 0 Å². The molecule has 1 aromatic rings. The van der Waals surface area contributed by atoms with Crippen molar-refractivity contribution in [3.8, 4) is 5.75 Å². The zero-order valence-corrected chi connectivity index (χ0v) is 13.7. The summed E-state index contributed by atoms with van der Waals surface area (Å²) in [4.78, 5) is 12.3. The SMILES string of the molecule is COc1c(F)cc(F)cc1NC(=O)N[C@@H]1CCCC12CCOCC2. The third-order valence-corrected chi connectivity index (χ3v) is 5.16. The van der Waals surface area contributed by atoms with E-state index < -0.39 is 17.7 Å². The minimum absolute atomic E-state index is 0.0217. The van der Waals surface area contributed by atoms with E-state index in [9.17, 15) is 13.6 Å². The summed E-state index contributed by atoms with van der Waals surface area (Å²) in [5.74, 6) is -1.81. The van der Waals surface area contributed by atoms with Crippen molar-refractivity contribution in [2.75, 3.05) is 25.6 Å². The van der Waals surface area contributed by atoms with Crippen molar-refractivity contribution in [1.82, 2.24) is 5.32 Å². The van der Waals surface area contributed by atoms with Crippen LogP contribution in [0.3, 0.4) is 0 Å². The Kier molecular flexibility index (Phi) is 4.89. The lowest BCUT2D eigenvalue weighted by atomic mass is 9.75. The Morgan fingerprint density at radius 1 is 1.29 bits per heavy atom. The quantitative estimate of drug-likeness (QED) is 0.886. The molecule has 1 spiro atoms. The molecule has 24 heavy (non-hydrogen) atoms. The van der Waals surface area contributed by atoms with Crippen LogP contribution in [0.15, 0.2) is 12.1 Å². The molecule has 7 heteroatoms. The minimum Gasteiger partial charge on any atom is -0.492 e. The van der Waals surface area contributed by atoms with Crippen molar-refractivity contribution < 1.29 is 23.0 Å². The molecule has 2 N–H and O–H groups in total. The lowest BCUT2D eigenvalue weighted by molar-refractivity contribution is 0.00652. The first-order chi connectivity index (χ1) is 11.5. The van der Waals surface area contributed by atoms with Crippen molar-refractivity contribution >= 4 is 11.7 Å². The van der Waals surface area contributed by atoms with Gasteiger partial charge in [-0.1, -0.05) is 6.42 Å². The highest BCUT2D eigenvalue weighted by atomic mass is 19.1. The van der Waals surface area contributed by atoms with Crippen LogP contribution in [-0.2, 0) is 4.74 Å². The molecule has 1 heterocycles. The van der Waals surface area contributed by atoms with Crippen LogP contribution in [0.4, 0.5) is 19.3 Å². The fourth-order valence-corrected chi connectivity index (χ4v) is 3.92. The highest BCUT2D eigenvalue weighted by Crippen LogP contribution is 2.46. The number of rotatable bonds is 3. The monoisotopic (exact) mass is 340 g/mol. The van der Waals surface area contributed by atoms with E-state index in [-0.39, 0.29) is 22.9 Å². The molecular formula is C17H22F2N2O3. The molecule has 0 aromatic heterocycles. The third-order valence-electron chi connectivity index (χ3n) is 5.16. The smallest absolute Gasteiger partial charge is 0.319 e. The number of carbonyl (C=O) groups excluding carboxylic acids is 1. The summed E-state index contributed by atoms with van der Waals surface area (Å²) < 4.78 is 37.5. The van der Waals surface area contributed by atoms with Gasteiger partial charge in [-0.2, -0.15) is 0 Å². The van der Waals surface area contributed by atoms with Gasteiger partial charge in [-0.05, 0) is 31.1 Å². The third kappa shape index (κ3) is 3.31. The predicted molar refractivity (Wildman–Crippen MR) is 85.2 cm³/mol. The Morgan fingerprint density at radius 3 is 2.75 bits per heavy atom.